The number of nitrogens with one attached hydrogen (secondary N) is 1. The highest BCUT2D eigenvalue weighted by molar-refractivity contribution is 6.31. The molecule has 25 heavy (non-hydrogen) atoms. The second kappa shape index (κ2) is 6.80. The summed E-state index contributed by atoms with van der Waals surface area (Å²) in [6.07, 6.45) is 0.824. The van der Waals surface area contributed by atoms with E-state index in [1.807, 2.05) is 26.8 Å². The molecule has 3 rings (SSSR count). The van der Waals surface area contributed by atoms with Crippen molar-refractivity contribution in [3.63, 3.8) is 0 Å². The van der Waals surface area contributed by atoms with Crippen LogP contribution in [-0.2, 0) is 11.2 Å². The summed E-state index contributed by atoms with van der Waals surface area (Å²) in [5.41, 5.74) is 5.06. The Balaban J connectivity index is 1.73. The van der Waals surface area contributed by atoms with E-state index in [0.29, 0.717) is 12.1 Å². The number of hydrogen-bond donors (Lipinski definition) is 1. The summed E-state index contributed by atoms with van der Waals surface area (Å²) < 4.78 is 15.0. The van der Waals surface area contributed by atoms with Gasteiger partial charge in [0, 0.05) is 29.6 Å². The summed E-state index contributed by atoms with van der Waals surface area (Å²) in [4.78, 5) is 16.7. The molecule has 2 aromatic heterocycles. The van der Waals surface area contributed by atoms with E-state index in [1.165, 1.54) is 18.2 Å². The van der Waals surface area contributed by atoms with E-state index in [4.69, 9.17) is 11.6 Å². The lowest BCUT2D eigenvalue weighted by Gasteiger charge is -2.11. The molecule has 0 bridgehead atoms. The van der Waals surface area contributed by atoms with Gasteiger partial charge in [-0.15, -0.1) is 0 Å². The van der Waals surface area contributed by atoms with Crippen LogP contribution in [0.15, 0.2) is 24.3 Å². The van der Waals surface area contributed by atoms with E-state index in [1.54, 1.807) is 4.52 Å². The molecule has 0 radical (unpaired) electrons. The van der Waals surface area contributed by atoms with E-state index in [0.717, 1.165) is 28.3 Å². The minimum Gasteiger partial charge on any atom is -0.326 e. The van der Waals surface area contributed by atoms with Crippen LogP contribution in [0.4, 0.5) is 10.1 Å². The lowest BCUT2D eigenvalue weighted by atomic mass is 10.1. The number of aromatic nitrogens is 3. The van der Waals surface area contributed by atoms with Crippen LogP contribution >= 0.6 is 11.6 Å². The molecule has 0 atom stereocenters. The molecule has 1 amide bonds. The minimum atomic E-state index is -0.514. The third kappa shape index (κ3) is 3.64. The van der Waals surface area contributed by atoms with E-state index in [9.17, 15) is 9.18 Å². The second-order valence-electron chi connectivity index (χ2n) is 5.99. The number of nitrogens with zero attached hydrogens (tertiary/aromatic N) is 3. The molecule has 130 valence electrons. The van der Waals surface area contributed by atoms with Crippen molar-refractivity contribution in [1.82, 2.24) is 14.6 Å². The first kappa shape index (κ1) is 17.4. The molecule has 7 heteroatoms. The van der Waals surface area contributed by atoms with Crippen LogP contribution in [-0.4, -0.2) is 20.5 Å². The maximum absolute atomic E-state index is 13.2. The van der Waals surface area contributed by atoms with Crippen molar-refractivity contribution >= 4 is 28.8 Å². The fourth-order valence-corrected chi connectivity index (χ4v) is 3.02. The van der Waals surface area contributed by atoms with Gasteiger partial charge in [0.05, 0.1) is 10.7 Å². The normalized spacial score (nSPS) is 11.1. The fourth-order valence-electron chi connectivity index (χ4n) is 2.84. The first-order valence-electron chi connectivity index (χ1n) is 7.92. The Labute approximate surface area is 149 Å². The van der Waals surface area contributed by atoms with Crippen LogP contribution < -0.4 is 5.32 Å². The Hall–Kier alpha value is -2.47. The Kier molecular flexibility index (Phi) is 4.72. The van der Waals surface area contributed by atoms with Gasteiger partial charge in [0.1, 0.15) is 5.82 Å². The van der Waals surface area contributed by atoms with Gasteiger partial charge in [0.15, 0.2) is 5.65 Å². The second-order valence-corrected chi connectivity index (χ2v) is 6.40. The summed E-state index contributed by atoms with van der Waals surface area (Å²) >= 11 is 5.72. The number of hydrogen-bond acceptors (Lipinski definition) is 3. The van der Waals surface area contributed by atoms with Gasteiger partial charge in [-0.2, -0.15) is 5.10 Å². The molecular weight excluding hydrogens is 343 g/mol. The number of rotatable bonds is 4. The molecule has 0 aliphatic heterocycles. The van der Waals surface area contributed by atoms with Crippen LogP contribution in [0.2, 0.25) is 5.02 Å². The van der Waals surface area contributed by atoms with Crippen LogP contribution in [0, 0.1) is 26.6 Å². The molecule has 0 spiro atoms. The lowest BCUT2D eigenvalue weighted by molar-refractivity contribution is -0.116. The van der Waals surface area contributed by atoms with E-state index >= 15 is 0 Å². The zero-order valence-electron chi connectivity index (χ0n) is 14.2. The molecule has 5 nitrogen and oxygen atoms in total. The minimum absolute atomic E-state index is 0.0202. The maximum atomic E-state index is 13.2. The van der Waals surface area contributed by atoms with Gasteiger partial charge >= 0.3 is 0 Å². The van der Waals surface area contributed by atoms with Crippen molar-refractivity contribution in [3.8, 4) is 0 Å². The number of fused-ring (bicyclic) bond motifs is 1. The zero-order valence-corrected chi connectivity index (χ0v) is 15.0. The van der Waals surface area contributed by atoms with Crippen molar-refractivity contribution in [2.75, 3.05) is 5.32 Å². The first-order valence-corrected chi connectivity index (χ1v) is 8.30. The third-order valence-electron chi connectivity index (χ3n) is 4.09. The number of aryl methyl sites for hydroxylation is 3. The summed E-state index contributed by atoms with van der Waals surface area (Å²) in [6, 6.07) is 6.03. The summed E-state index contributed by atoms with van der Waals surface area (Å²) in [7, 11) is 0. The van der Waals surface area contributed by atoms with Gasteiger partial charge in [-0.25, -0.2) is 13.9 Å². The maximum Gasteiger partial charge on any atom is 0.224 e. The Morgan fingerprint density at radius 3 is 2.76 bits per heavy atom. The monoisotopic (exact) mass is 360 g/mol. The SMILES string of the molecule is Cc1cc2nc(C)c(CCC(=O)Nc3ccc(F)c(Cl)c3)c(C)n2n1. The molecule has 0 aliphatic rings. The largest absolute Gasteiger partial charge is 0.326 e. The van der Waals surface area contributed by atoms with E-state index < -0.39 is 5.82 Å². The Morgan fingerprint density at radius 1 is 1.28 bits per heavy atom. The number of carbonyl (C=O) groups is 1. The molecule has 0 unspecified atom stereocenters. The lowest BCUT2D eigenvalue weighted by Crippen LogP contribution is -2.14. The van der Waals surface area contributed by atoms with Crippen LogP contribution in [0.5, 0.6) is 0 Å². The number of halogens is 2. The van der Waals surface area contributed by atoms with Gasteiger partial charge < -0.3 is 5.32 Å². The van der Waals surface area contributed by atoms with E-state index in [-0.39, 0.29) is 17.4 Å². The number of carbonyl (C=O) groups excluding carboxylic acids is 1. The molecule has 0 fully saturated rings. The zero-order chi connectivity index (χ0) is 18.1. The topological polar surface area (TPSA) is 59.3 Å². The molecule has 0 saturated carbocycles. The molecule has 2 heterocycles. The number of benzene rings is 1. The smallest absolute Gasteiger partial charge is 0.224 e. The number of anilines is 1. The quantitative estimate of drug-likeness (QED) is 0.764. The summed E-state index contributed by atoms with van der Waals surface area (Å²) in [5, 5.41) is 7.14. The highest BCUT2D eigenvalue weighted by Crippen LogP contribution is 2.20. The fraction of sp³-hybridized carbons (Fsp3) is 0.278. The molecule has 0 saturated heterocycles. The summed E-state index contributed by atoms with van der Waals surface area (Å²) in [5.74, 6) is -0.682. The van der Waals surface area contributed by atoms with Gasteiger partial charge in [0.25, 0.3) is 0 Å². The van der Waals surface area contributed by atoms with Crippen molar-refractivity contribution in [3.05, 3.63) is 57.8 Å². The average Bonchev–Trinajstić information content (AvgIpc) is 2.91. The average molecular weight is 361 g/mol. The van der Waals surface area contributed by atoms with Crippen LogP contribution in [0.3, 0.4) is 0 Å². The number of amides is 1. The van der Waals surface area contributed by atoms with Crippen LogP contribution in [0.25, 0.3) is 5.65 Å². The molecule has 3 aromatic rings. The standard InChI is InChI=1S/C18H18ClFN4O/c1-10-8-17-21-11(2)14(12(3)24(17)23-10)5-7-18(25)22-13-4-6-16(20)15(19)9-13/h4,6,8-9H,5,7H2,1-3H3,(H,22,25). The third-order valence-corrected chi connectivity index (χ3v) is 4.38. The molecule has 0 aliphatic carbocycles. The van der Waals surface area contributed by atoms with Crippen molar-refractivity contribution in [1.29, 1.82) is 0 Å². The van der Waals surface area contributed by atoms with Crippen molar-refractivity contribution in [2.45, 2.75) is 33.6 Å². The van der Waals surface area contributed by atoms with Gasteiger partial charge in [-0.05, 0) is 51.0 Å². The van der Waals surface area contributed by atoms with E-state index in [2.05, 4.69) is 15.4 Å². The highest BCUT2D eigenvalue weighted by atomic mass is 35.5. The van der Waals surface area contributed by atoms with Crippen molar-refractivity contribution in [2.24, 2.45) is 0 Å². The summed E-state index contributed by atoms with van der Waals surface area (Å²) in [6.45, 7) is 5.83. The predicted molar refractivity (Wildman–Crippen MR) is 95.6 cm³/mol. The molecular formula is C18H18ClFN4O. The van der Waals surface area contributed by atoms with Gasteiger partial charge in [-0.3, -0.25) is 4.79 Å². The Morgan fingerprint density at radius 2 is 2.04 bits per heavy atom. The van der Waals surface area contributed by atoms with Gasteiger partial charge in [-0.1, -0.05) is 11.6 Å². The molecule has 1 aromatic carbocycles. The highest BCUT2D eigenvalue weighted by Gasteiger charge is 2.13. The van der Waals surface area contributed by atoms with Crippen molar-refractivity contribution < 1.29 is 9.18 Å². The predicted octanol–water partition coefficient (Wildman–Crippen LogP) is 4.02. The molecule has 1 N–H and O–H groups in total. The first-order chi connectivity index (χ1) is 11.8. The van der Waals surface area contributed by atoms with Crippen LogP contribution in [0.1, 0.15) is 29.1 Å². The Bertz CT molecular complexity index is 967. The van der Waals surface area contributed by atoms with Gasteiger partial charge in [0.2, 0.25) is 5.91 Å².